The summed E-state index contributed by atoms with van der Waals surface area (Å²) in [4.78, 5) is 8.56. The van der Waals surface area contributed by atoms with Gasteiger partial charge in [-0.05, 0) is 58.0 Å². The van der Waals surface area contributed by atoms with E-state index in [0.717, 1.165) is 0 Å². The zero-order chi connectivity index (χ0) is 33.2. The first kappa shape index (κ1) is 33.9. The number of anilines is 2. The van der Waals surface area contributed by atoms with Gasteiger partial charge in [0.15, 0.2) is 23.0 Å². The first-order valence-corrected chi connectivity index (χ1v) is 15.2. The predicted octanol–water partition coefficient (Wildman–Crippen LogP) is 9.00. The summed E-state index contributed by atoms with van der Waals surface area (Å²) in [6, 6.07) is 15.5. The maximum atomic E-state index is 13.4. The van der Waals surface area contributed by atoms with E-state index >= 15 is 0 Å². The van der Waals surface area contributed by atoms with Gasteiger partial charge in [0, 0.05) is 41.0 Å². The van der Waals surface area contributed by atoms with Gasteiger partial charge in [-0.15, -0.1) is 0 Å². The van der Waals surface area contributed by atoms with Crippen LogP contribution in [-0.4, -0.2) is 36.4 Å². The molecule has 0 atom stereocenters. The van der Waals surface area contributed by atoms with Gasteiger partial charge in [0.05, 0.1) is 64.3 Å². The van der Waals surface area contributed by atoms with Gasteiger partial charge in [0.1, 0.15) is 18.0 Å². The van der Waals surface area contributed by atoms with Crippen LogP contribution in [0.4, 0.5) is 15.8 Å². The zero-order valence-corrected chi connectivity index (χ0v) is 27.1. The molecule has 5 aromatic rings. The molecule has 0 amide bonds. The topological polar surface area (TPSA) is 122 Å². The van der Waals surface area contributed by atoms with Gasteiger partial charge in [-0.2, -0.15) is 10.5 Å². The van der Waals surface area contributed by atoms with Crippen molar-refractivity contribution < 1.29 is 23.3 Å². The fourth-order valence-corrected chi connectivity index (χ4v) is 4.88. The normalized spacial score (nSPS) is 10.4. The van der Waals surface area contributed by atoms with E-state index < -0.39 is 5.82 Å². The molecule has 0 bridgehead atoms. The number of rotatable bonds is 10. The molecule has 0 unspecified atom stereocenters. The first-order valence-electron chi connectivity index (χ1n) is 14.4. The monoisotopic (exact) mass is 661 g/mol. The average Bonchev–Trinajstić information content (AvgIpc) is 3.05. The second kappa shape index (κ2) is 15.8. The van der Waals surface area contributed by atoms with E-state index in [1.54, 1.807) is 30.3 Å². The maximum absolute atomic E-state index is 13.4. The molecule has 2 heterocycles. The number of fused-ring (bicyclic) bond motifs is 2. The minimum absolute atomic E-state index is 0.00879. The quantitative estimate of drug-likeness (QED) is 0.156. The van der Waals surface area contributed by atoms with Crippen molar-refractivity contribution in [3.8, 4) is 35.1 Å². The molecule has 12 heteroatoms. The van der Waals surface area contributed by atoms with Crippen LogP contribution in [0.25, 0.3) is 21.8 Å². The Balaban J connectivity index is 0.000000222. The third-order valence-corrected chi connectivity index (χ3v) is 7.13. The van der Waals surface area contributed by atoms with E-state index in [9.17, 15) is 9.65 Å². The molecule has 0 aliphatic heterocycles. The van der Waals surface area contributed by atoms with Gasteiger partial charge in [0.2, 0.25) is 0 Å². The third-order valence-electron chi connectivity index (χ3n) is 6.43. The summed E-state index contributed by atoms with van der Waals surface area (Å²) in [5.74, 6) is 1.87. The predicted molar refractivity (Wildman–Crippen MR) is 177 cm³/mol. The summed E-state index contributed by atoms with van der Waals surface area (Å²) in [5.41, 5.74) is 3.09. The summed E-state index contributed by atoms with van der Waals surface area (Å²) in [5, 5.41) is 23.3. The van der Waals surface area contributed by atoms with E-state index in [-0.39, 0.29) is 5.02 Å². The minimum atomic E-state index is -0.512. The van der Waals surface area contributed by atoms with E-state index in [4.69, 9.17) is 47.4 Å². The fourth-order valence-electron chi connectivity index (χ4n) is 4.46. The van der Waals surface area contributed by atoms with E-state index in [0.29, 0.717) is 98.8 Å². The number of nitrogens with one attached hydrogen (secondary N) is 1. The Bertz CT molecular complexity index is 1960. The number of ether oxygens (including phenoxy) is 4. The van der Waals surface area contributed by atoms with Gasteiger partial charge >= 0.3 is 0 Å². The van der Waals surface area contributed by atoms with Gasteiger partial charge in [-0.25, -0.2) is 4.39 Å². The van der Waals surface area contributed by atoms with Crippen molar-refractivity contribution in [3.05, 3.63) is 81.8 Å². The first-order chi connectivity index (χ1) is 22.3. The van der Waals surface area contributed by atoms with Crippen LogP contribution in [0.5, 0.6) is 23.0 Å². The summed E-state index contributed by atoms with van der Waals surface area (Å²) in [6.45, 7) is 9.57. The van der Waals surface area contributed by atoms with Crippen LogP contribution in [0.1, 0.15) is 38.8 Å². The Hall–Kier alpha value is -5.03. The number of nitriles is 2. The standard InChI is InChI=1S/C20H17ClFN3O2.C14H13ClN2O2/c1-3-26-18-8-14-17(9-19(18)27-4-2)24-11-12(10-23)20(14)25-13-5-6-16(22)15(21)7-13;1-3-18-12-5-10-11(6-13(12)19-4-2)17-8-9(7-16)14(10)15/h5-9,11H,3-4H2,1-2H3,(H,24,25);5-6,8H,3-4H2,1-2H3. The van der Waals surface area contributed by atoms with Crippen LogP contribution in [0.3, 0.4) is 0 Å². The summed E-state index contributed by atoms with van der Waals surface area (Å²) < 4.78 is 35.8. The number of benzene rings is 3. The van der Waals surface area contributed by atoms with Gasteiger partial charge < -0.3 is 24.3 Å². The fraction of sp³-hybridized carbons (Fsp3) is 0.235. The molecule has 0 aliphatic rings. The molecule has 3 aromatic carbocycles. The smallest absolute Gasteiger partial charge is 0.163 e. The molecule has 9 nitrogen and oxygen atoms in total. The number of nitrogens with zero attached hydrogens (tertiary/aromatic N) is 4. The number of halogens is 3. The molecule has 5 rings (SSSR count). The van der Waals surface area contributed by atoms with Crippen molar-refractivity contribution in [1.82, 2.24) is 9.97 Å². The Labute approximate surface area is 276 Å². The van der Waals surface area contributed by atoms with Crippen molar-refractivity contribution in [3.63, 3.8) is 0 Å². The highest BCUT2D eigenvalue weighted by Crippen LogP contribution is 2.38. The molecular formula is C34H30Cl2FN5O4. The highest BCUT2D eigenvalue weighted by molar-refractivity contribution is 6.36. The van der Waals surface area contributed by atoms with E-state index in [1.165, 1.54) is 24.5 Å². The number of hydrogen-bond acceptors (Lipinski definition) is 9. The van der Waals surface area contributed by atoms with Crippen molar-refractivity contribution in [2.24, 2.45) is 0 Å². The van der Waals surface area contributed by atoms with Crippen molar-refractivity contribution in [2.75, 3.05) is 31.7 Å². The molecule has 236 valence electrons. The van der Waals surface area contributed by atoms with Crippen LogP contribution >= 0.6 is 23.2 Å². The minimum Gasteiger partial charge on any atom is -0.490 e. The van der Waals surface area contributed by atoms with Gasteiger partial charge in [0.25, 0.3) is 0 Å². The van der Waals surface area contributed by atoms with Crippen molar-refractivity contribution in [1.29, 1.82) is 10.5 Å². The molecule has 0 spiro atoms. The van der Waals surface area contributed by atoms with Gasteiger partial charge in [-0.1, -0.05) is 23.2 Å². The number of hydrogen-bond donors (Lipinski definition) is 1. The SMILES string of the molecule is CCOc1cc2ncc(C#N)c(Cl)c2cc1OCC.CCOc1cc2ncc(C#N)c(Nc3ccc(F)c(Cl)c3)c2cc1OCC. The molecular weight excluding hydrogens is 632 g/mol. The highest BCUT2D eigenvalue weighted by Gasteiger charge is 2.16. The average molecular weight is 663 g/mol. The molecule has 0 radical (unpaired) electrons. The van der Waals surface area contributed by atoms with Crippen LogP contribution in [-0.2, 0) is 0 Å². The number of pyridine rings is 2. The maximum Gasteiger partial charge on any atom is 0.163 e. The van der Waals surface area contributed by atoms with Crippen LogP contribution in [0.2, 0.25) is 10.0 Å². The van der Waals surface area contributed by atoms with Crippen molar-refractivity contribution >= 4 is 56.4 Å². The molecule has 1 N–H and O–H groups in total. The van der Waals surface area contributed by atoms with E-state index in [2.05, 4.69) is 21.4 Å². The second-order valence-electron chi connectivity index (χ2n) is 9.37. The lowest BCUT2D eigenvalue weighted by Crippen LogP contribution is -2.01. The summed E-state index contributed by atoms with van der Waals surface area (Å²) >= 11 is 12.0. The van der Waals surface area contributed by atoms with Crippen LogP contribution < -0.4 is 24.3 Å². The Morgan fingerprint density at radius 2 is 1.17 bits per heavy atom. The lowest BCUT2D eigenvalue weighted by atomic mass is 10.1. The molecule has 2 aromatic heterocycles. The van der Waals surface area contributed by atoms with Gasteiger partial charge in [-0.3, -0.25) is 9.97 Å². The largest absolute Gasteiger partial charge is 0.490 e. The molecule has 46 heavy (non-hydrogen) atoms. The zero-order valence-electron chi connectivity index (χ0n) is 25.6. The van der Waals surface area contributed by atoms with E-state index in [1.807, 2.05) is 33.8 Å². The summed E-state index contributed by atoms with van der Waals surface area (Å²) in [7, 11) is 0. The molecule has 0 aliphatic carbocycles. The van der Waals surface area contributed by atoms with Crippen LogP contribution in [0, 0.1) is 28.5 Å². The Morgan fingerprint density at radius 3 is 1.67 bits per heavy atom. The van der Waals surface area contributed by atoms with Crippen LogP contribution in [0.15, 0.2) is 54.9 Å². The lowest BCUT2D eigenvalue weighted by molar-refractivity contribution is 0.288. The molecule has 0 saturated carbocycles. The Kier molecular flexibility index (Phi) is 11.6. The number of aromatic nitrogens is 2. The van der Waals surface area contributed by atoms with Crippen molar-refractivity contribution in [2.45, 2.75) is 27.7 Å². The highest BCUT2D eigenvalue weighted by atomic mass is 35.5. The molecule has 0 fully saturated rings. The third kappa shape index (κ3) is 7.60. The molecule has 0 saturated heterocycles. The summed E-state index contributed by atoms with van der Waals surface area (Å²) in [6.07, 6.45) is 2.94. The second-order valence-corrected chi connectivity index (χ2v) is 10.2. The lowest BCUT2D eigenvalue weighted by Gasteiger charge is -2.15. The Morgan fingerprint density at radius 1 is 0.696 bits per heavy atom.